The fourth-order valence-corrected chi connectivity index (χ4v) is 3.17. The van der Waals surface area contributed by atoms with E-state index >= 15 is 0 Å². The van der Waals surface area contributed by atoms with E-state index in [1.165, 1.54) is 5.56 Å². The van der Waals surface area contributed by atoms with E-state index in [0.717, 1.165) is 22.0 Å². The van der Waals surface area contributed by atoms with Gasteiger partial charge in [0.25, 0.3) is 0 Å². The van der Waals surface area contributed by atoms with E-state index in [4.69, 9.17) is 5.26 Å². The standard InChI is InChI=1S/C21H18N4OS/c22-12-16-3-5-18(6-4-16)24-14-21(26)25-19-7-9-20(10-8-19)27-15-17-2-1-11-23-13-17/h1-11,13,24H,14-15H2,(H,25,26). The molecule has 0 aliphatic heterocycles. The molecule has 3 aromatic rings. The zero-order chi connectivity index (χ0) is 18.9. The lowest BCUT2D eigenvalue weighted by molar-refractivity contribution is -0.114. The Morgan fingerprint density at radius 1 is 1.04 bits per heavy atom. The van der Waals surface area contributed by atoms with Crippen molar-refractivity contribution in [3.63, 3.8) is 0 Å². The highest BCUT2D eigenvalue weighted by Gasteiger charge is 2.03. The molecule has 6 heteroatoms. The van der Waals surface area contributed by atoms with Gasteiger partial charge in [-0.15, -0.1) is 11.8 Å². The molecule has 0 aliphatic rings. The summed E-state index contributed by atoms with van der Waals surface area (Å²) in [6, 6.07) is 20.8. The quantitative estimate of drug-likeness (QED) is 0.603. The van der Waals surface area contributed by atoms with Crippen molar-refractivity contribution in [3.8, 4) is 6.07 Å². The third kappa shape index (κ3) is 5.87. The number of aromatic nitrogens is 1. The Kier molecular flexibility index (Phi) is 6.45. The number of rotatable bonds is 7. The zero-order valence-corrected chi connectivity index (χ0v) is 15.4. The van der Waals surface area contributed by atoms with E-state index < -0.39 is 0 Å². The lowest BCUT2D eigenvalue weighted by Gasteiger charge is -2.09. The van der Waals surface area contributed by atoms with Crippen LogP contribution in [-0.4, -0.2) is 17.4 Å². The Morgan fingerprint density at radius 3 is 2.44 bits per heavy atom. The molecule has 1 amide bonds. The Labute approximate surface area is 162 Å². The highest BCUT2D eigenvalue weighted by atomic mass is 32.2. The molecule has 2 aromatic carbocycles. The first-order valence-electron chi connectivity index (χ1n) is 8.38. The highest BCUT2D eigenvalue weighted by molar-refractivity contribution is 7.98. The van der Waals surface area contributed by atoms with E-state index in [1.807, 2.05) is 36.5 Å². The third-order valence-electron chi connectivity index (χ3n) is 3.73. The van der Waals surface area contributed by atoms with Crippen molar-refractivity contribution in [2.75, 3.05) is 17.2 Å². The summed E-state index contributed by atoms with van der Waals surface area (Å²) < 4.78 is 0. The van der Waals surface area contributed by atoms with Crippen molar-refractivity contribution >= 4 is 29.0 Å². The van der Waals surface area contributed by atoms with Crippen LogP contribution >= 0.6 is 11.8 Å². The molecule has 1 heterocycles. The monoisotopic (exact) mass is 374 g/mol. The van der Waals surface area contributed by atoms with Crippen LogP contribution in [0.4, 0.5) is 11.4 Å². The van der Waals surface area contributed by atoms with Gasteiger partial charge in [0.2, 0.25) is 5.91 Å². The summed E-state index contributed by atoms with van der Waals surface area (Å²) in [5.74, 6) is 0.726. The maximum Gasteiger partial charge on any atom is 0.243 e. The van der Waals surface area contributed by atoms with Crippen LogP contribution in [0.1, 0.15) is 11.1 Å². The molecule has 27 heavy (non-hydrogen) atoms. The molecule has 2 N–H and O–H groups in total. The van der Waals surface area contributed by atoms with Crippen molar-refractivity contribution in [1.82, 2.24) is 4.98 Å². The molecule has 0 unspecified atom stereocenters. The Bertz CT molecular complexity index is 919. The third-order valence-corrected chi connectivity index (χ3v) is 4.82. The van der Waals surface area contributed by atoms with E-state index in [0.29, 0.717) is 5.56 Å². The van der Waals surface area contributed by atoms with Crippen molar-refractivity contribution < 1.29 is 4.79 Å². The van der Waals surface area contributed by atoms with Crippen LogP contribution in [0.15, 0.2) is 78.0 Å². The number of nitrogens with one attached hydrogen (secondary N) is 2. The first-order chi connectivity index (χ1) is 13.2. The first kappa shape index (κ1) is 18.5. The molecule has 134 valence electrons. The Hall–Kier alpha value is -3.30. The van der Waals surface area contributed by atoms with Gasteiger partial charge in [-0.1, -0.05) is 6.07 Å². The van der Waals surface area contributed by atoms with Crippen molar-refractivity contribution in [2.45, 2.75) is 10.6 Å². The molecule has 0 radical (unpaired) electrons. The molecule has 0 bridgehead atoms. The molecule has 0 saturated carbocycles. The molecule has 0 atom stereocenters. The SMILES string of the molecule is N#Cc1ccc(NCC(=O)Nc2ccc(SCc3cccnc3)cc2)cc1. The van der Waals surface area contributed by atoms with Gasteiger partial charge in [0.1, 0.15) is 0 Å². The van der Waals surface area contributed by atoms with Gasteiger partial charge in [-0.3, -0.25) is 9.78 Å². The summed E-state index contributed by atoms with van der Waals surface area (Å²) in [6.07, 6.45) is 3.63. The maximum atomic E-state index is 12.1. The van der Waals surface area contributed by atoms with Crippen LogP contribution in [0.5, 0.6) is 0 Å². The molecule has 0 spiro atoms. The molecule has 0 aliphatic carbocycles. The number of carbonyl (C=O) groups excluding carboxylic acids is 1. The molecule has 0 fully saturated rings. The minimum absolute atomic E-state index is 0.130. The lowest BCUT2D eigenvalue weighted by Crippen LogP contribution is -2.21. The molecular weight excluding hydrogens is 356 g/mol. The zero-order valence-electron chi connectivity index (χ0n) is 14.6. The van der Waals surface area contributed by atoms with Gasteiger partial charge in [0.05, 0.1) is 18.2 Å². The second-order valence-corrected chi connectivity index (χ2v) is 6.81. The molecule has 3 rings (SSSR count). The topological polar surface area (TPSA) is 77.8 Å². The average molecular weight is 374 g/mol. The van der Waals surface area contributed by atoms with Gasteiger partial charge >= 0.3 is 0 Å². The van der Waals surface area contributed by atoms with Gasteiger partial charge in [0, 0.05) is 34.4 Å². The van der Waals surface area contributed by atoms with E-state index in [9.17, 15) is 4.79 Å². The van der Waals surface area contributed by atoms with Crippen LogP contribution < -0.4 is 10.6 Å². The predicted octanol–water partition coefficient (Wildman–Crippen LogP) is 4.30. The summed E-state index contributed by atoms with van der Waals surface area (Å²) in [6.45, 7) is 0.156. The Morgan fingerprint density at radius 2 is 1.78 bits per heavy atom. The van der Waals surface area contributed by atoms with Gasteiger partial charge in [-0.25, -0.2) is 0 Å². The largest absolute Gasteiger partial charge is 0.376 e. The van der Waals surface area contributed by atoms with Crippen LogP contribution in [0.2, 0.25) is 0 Å². The number of carbonyl (C=O) groups is 1. The number of pyridine rings is 1. The van der Waals surface area contributed by atoms with E-state index in [-0.39, 0.29) is 12.5 Å². The minimum Gasteiger partial charge on any atom is -0.376 e. The number of amides is 1. The molecule has 0 saturated heterocycles. The summed E-state index contributed by atoms with van der Waals surface area (Å²) in [5.41, 5.74) is 3.32. The number of hydrogen-bond donors (Lipinski definition) is 2. The smallest absolute Gasteiger partial charge is 0.243 e. The summed E-state index contributed by atoms with van der Waals surface area (Å²) >= 11 is 1.72. The van der Waals surface area contributed by atoms with Crippen molar-refractivity contribution in [1.29, 1.82) is 5.26 Å². The van der Waals surface area contributed by atoms with Gasteiger partial charge < -0.3 is 10.6 Å². The normalized spacial score (nSPS) is 10.0. The summed E-state index contributed by atoms with van der Waals surface area (Å²) in [7, 11) is 0. The fraction of sp³-hybridized carbons (Fsp3) is 0.0952. The lowest BCUT2D eigenvalue weighted by atomic mass is 10.2. The second kappa shape index (κ2) is 9.41. The van der Waals surface area contributed by atoms with Crippen LogP contribution in [0.25, 0.3) is 0 Å². The van der Waals surface area contributed by atoms with Crippen LogP contribution in [0.3, 0.4) is 0 Å². The van der Waals surface area contributed by atoms with Crippen molar-refractivity contribution in [2.24, 2.45) is 0 Å². The van der Waals surface area contributed by atoms with Crippen molar-refractivity contribution in [3.05, 3.63) is 84.2 Å². The molecular formula is C21H18N4OS. The molecule has 5 nitrogen and oxygen atoms in total. The first-order valence-corrected chi connectivity index (χ1v) is 9.37. The van der Waals surface area contributed by atoms with Crippen LogP contribution in [0, 0.1) is 11.3 Å². The van der Waals surface area contributed by atoms with Gasteiger partial charge in [-0.05, 0) is 60.2 Å². The fourth-order valence-electron chi connectivity index (χ4n) is 2.33. The van der Waals surface area contributed by atoms with E-state index in [1.54, 1.807) is 42.2 Å². The van der Waals surface area contributed by atoms with Gasteiger partial charge in [0.15, 0.2) is 0 Å². The molecule has 1 aromatic heterocycles. The average Bonchev–Trinajstić information content (AvgIpc) is 2.73. The summed E-state index contributed by atoms with van der Waals surface area (Å²) in [5, 5.41) is 14.7. The minimum atomic E-state index is -0.130. The second-order valence-electron chi connectivity index (χ2n) is 5.77. The Balaban J connectivity index is 1.45. The number of nitriles is 1. The van der Waals surface area contributed by atoms with Gasteiger partial charge in [-0.2, -0.15) is 5.26 Å². The highest BCUT2D eigenvalue weighted by Crippen LogP contribution is 2.23. The number of anilines is 2. The van der Waals surface area contributed by atoms with E-state index in [2.05, 4.69) is 27.8 Å². The predicted molar refractivity (Wildman–Crippen MR) is 109 cm³/mol. The summed E-state index contributed by atoms with van der Waals surface area (Å²) in [4.78, 5) is 17.3. The number of thioether (sulfide) groups is 1. The number of hydrogen-bond acceptors (Lipinski definition) is 5. The van der Waals surface area contributed by atoms with Crippen LogP contribution in [-0.2, 0) is 10.5 Å². The maximum absolute atomic E-state index is 12.1. The number of benzene rings is 2. The number of nitrogens with zero attached hydrogens (tertiary/aromatic N) is 2.